The summed E-state index contributed by atoms with van der Waals surface area (Å²) in [5.74, 6) is 7.18. The van der Waals surface area contributed by atoms with Gasteiger partial charge in [-0.25, -0.2) is 15.0 Å². The molecule has 1 aromatic heterocycles. The summed E-state index contributed by atoms with van der Waals surface area (Å²) in [5.41, 5.74) is 13.5. The lowest BCUT2D eigenvalue weighted by molar-refractivity contribution is -0.0400. The van der Waals surface area contributed by atoms with Gasteiger partial charge < -0.3 is 4.74 Å². The molecule has 4 saturated carbocycles. The molecular weight excluding hydrogens is 775 g/mol. The molecule has 0 N–H and O–H groups in total. The van der Waals surface area contributed by atoms with E-state index < -0.39 is 10.0 Å². The molecule has 1 spiro atoms. The van der Waals surface area contributed by atoms with Crippen LogP contribution in [0.25, 0.3) is 67.5 Å². The van der Waals surface area contributed by atoms with E-state index in [-0.39, 0.29) is 5.41 Å². The van der Waals surface area contributed by atoms with Gasteiger partial charge in [-0.1, -0.05) is 121 Å². The third-order valence-electron chi connectivity index (χ3n) is 15.2. The summed E-state index contributed by atoms with van der Waals surface area (Å²) in [6.07, 6.45) is 11.8. The van der Waals surface area contributed by atoms with Crippen molar-refractivity contribution in [2.75, 3.05) is 12.5 Å². The molecule has 4 nitrogen and oxygen atoms in total. The van der Waals surface area contributed by atoms with Gasteiger partial charge in [0.15, 0.2) is 17.5 Å². The van der Waals surface area contributed by atoms with Gasteiger partial charge in [0.2, 0.25) is 0 Å². The highest BCUT2D eigenvalue weighted by atomic mass is 32.3. The van der Waals surface area contributed by atoms with Gasteiger partial charge in [0.05, 0.1) is 0 Å². The molecule has 5 heteroatoms. The Hall–Kier alpha value is -6.30. The monoisotopic (exact) mass is 821 g/mol. The molecule has 5 aliphatic carbocycles. The minimum absolute atomic E-state index is 0.108. The van der Waals surface area contributed by atoms with Gasteiger partial charge in [0, 0.05) is 31.9 Å². The number of hydrogen-bond donors (Lipinski definition) is 0. The average Bonchev–Trinajstić information content (AvgIpc) is 3.60. The van der Waals surface area contributed by atoms with Crippen LogP contribution in [-0.4, -0.2) is 27.5 Å². The molecule has 62 heavy (non-hydrogen) atoms. The molecule has 0 atom stereocenters. The lowest BCUT2D eigenvalue weighted by Gasteiger charge is -2.61. The highest BCUT2D eigenvalue weighted by Crippen LogP contribution is 2.73. The SMILES string of the molecule is CS1(C)c2cc(-c3nc(-c4cccc(-c5ccccc5)c4)nc(-c4cccc(-c5ccccc5)c4)n3)ccc2Oc2cc3c(cc21)-c1ccccc1C31C2CC3CC(C2)CC1C3. The van der Waals surface area contributed by atoms with Crippen molar-refractivity contribution in [3.63, 3.8) is 0 Å². The standard InChI is InChI=1S/C57H47N3OS/c1-62(2)52-32-43(23-24-50(52)61-51-34-49-47(33-53(51)62)46-21-9-10-22-48(46)57(49)44-26-35-25-36(28-44)29-45(57)27-35)56-59-54(41-19-11-17-39(30-41)37-13-5-3-6-14-37)58-55(60-56)42-20-12-18-40(31-42)38-15-7-4-8-16-38/h3-24,30-36,44-45H,25-29H2,1-2H3. The summed E-state index contributed by atoms with van der Waals surface area (Å²) in [7, 11) is -1.51. The van der Waals surface area contributed by atoms with E-state index in [1.165, 1.54) is 53.0 Å². The molecule has 0 radical (unpaired) electrons. The van der Waals surface area contributed by atoms with Crippen LogP contribution < -0.4 is 4.74 Å². The van der Waals surface area contributed by atoms with E-state index in [0.29, 0.717) is 17.5 Å². The molecular formula is C57H47N3OS. The second-order valence-corrected chi connectivity index (χ2v) is 22.4. The molecule has 0 saturated heterocycles. The number of rotatable bonds is 5. The maximum absolute atomic E-state index is 7.08. The van der Waals surface area contributed by atoms with Crippen LogP contribution in [-0.2, 0) is 5.41 Å². The zero-order valence-electron chi connectivity index (χ0n) is 35.1. The quantitative estimate of drug-likeness (QED) is 0.173. The van der Waals surface area contributed by atoms with E-state index in [4.69, 9.17) is 19.7 Å². The summed E-state index contributed by atoms with van der Waals surface area (Å²) in [6.45, 7) is 0. The Morgan fingerprint density at radius 2 is 0.919 bits per heavy atom. The van der Waals surface area contributed by atoms with E-state index >= 15 is 0 Å². The van der Waals surface area contributed by atoms with Gasteiger partial charge in [0.1, 0.15) is 11.5 Å². The lowest BCUT2D eigenvalue weighted by Crippen LogP contribution is -2.55. The first-order valence-electron chi connectivity index (χ1n) is 22.3. The van der Waals surface area contributed by atoms with E-state index in [1.54, 1.807) is 11.1 Å². The van der Waals surface area contributed by atoms with Gasteiger partial charge in [-0.05, 0) is 155 Å². The molecule has 0 amide bonds. The largest absolute Gasteiger partial charge is 0.455 e. The second kappa shape index (κ2) is 13.6. The zero-order valence-corrected chi connectivity index (χ0v) is 35.9. The van der Waals surface area contributed by atoms with Crippen LogP contribution in [0.3, 0.4) is 0 Å². The molecule has 8 aromatic rings. The van der Waals surface area contributed by atoms with Gasteiger partial charge in [-0.15, -0.1) is 0 Å². The Labute approximate surface area is 365 Å². The number of nitrogens with zero attached hydrogens (tertiary/aromatic N) is 3. The molecule has 4 fully saturated rings. The molecule has 6 aliphatic rings. The fraction of sp³-hybridized carbons (Fsp3) is 0.211. The molecule has 0 unspecified atom stereocenters. The van der Waals surface area contributed by atoms with Crippen LogP contribution in [0.5, 0.6) is 11.5 Å². The van der Waals surface area contributed by atoms with Crippen LogP contribution in [0.2, 0.25) is 0 Å². The smallest absolute Gasteiger partial charge is 0.164 e. The molecule has 4 bridgehead atoms. The minimum Gasteiger partial charge on any atom is -0.455 e. The van der Waals surface area contributed by atoms with Crippen LogP contribution in [0, 0.1) is 23.7 Å². The number of benzene rings is 7. The zero-order chi connectivity index (χ0) is 41.2. The van der Waals surface area contributed by atoms with Crippen molar-refractivity contribution in [3.05, 3.63) is 175 Å². The van der Waals surface area contributed by atoms with E-state index in [9.17, 15) is 0 Å². The maximum atomic E-state index is 7.08. The fourth-order valence-electron chi connectivity index (χ4n) is 12.7. The Morgan fingerprint density at radius 3 is 1.52 bits per heavy atom. The van der Waals surface area contributed by atoms with Crippen molar-refractivity contribution < 1.29 is 4.74 Å². The second-order valence-electron chi connectivity index (χ2n) is 18.9. The lowest BCUT2D eigenvalue weighted by atomic mass is 9.43. The number of hydrogen-bond acceptors (Lipinski definition) is 4. The Morgan fingerprint density at radius 1 is 0.419 bits per heavy atom. The van der Waals surface area contributed by atoms with Crippen LogP contribution >= 0.6 is 10.0 Å². The van der Waals surface area contributed by atoms with E-state index in [0.717, 1.165) is 74.1 Å². The van der Waals surface area contributed by atoms with Gasteiger partial charge in [-0.2, -0.15) is 10.0 Å². The summed E-state index contributed by atoms with van der Waals surface area (Å²) < 4.78 is 7.08. The van der Waals surface area contributed by atoms with Crippen molar-refractivity contribution in [3.8, 4) is 79.0 Å². The number of fused-ring (bicyclic) bond motifs is 5. The van der Waals surface area contributed by atoms with Gasteiger partial charge >= 0.3 is 0 Å². The Kier molecular flexibility index (Phi) is 7.98. The molecule has 7 aromatic carbocycles. The Bertz CT molecular complexity index is 2970. The van der Waals surface area contributed by atoms with Crippen LogP contribution in [0.4, 0.5) is 0 Å². The van der Waals surface area contributed by atoms with Crippen LogP contribution in [0.1, 0.15) is 43.2 Å². The first-order valence-corrected chi connectivity index (χ1v) is 24.8. The summed E-state index contributed by atoms with van der Waals surface area (Å²) in [5, 5.41) is 0. The highest BCUT2D eigenvalue weighted by molar-refractivity contribution is 8.32. The van der Waals surface area contributed by atoms with Crippen molar-refractivity contribution in [1.82, 2.24) is 15.0 Å². The molecule has 302 valence electrons. The highest BCUT2D eigenvalue weighted by Gasteiger charge is 2.62. The summed E-state index contributed by atoms with van der Waals surface area (Å²) in [4.78, 5) is 18.2. The van der Waals surface area contributed by atoms with Crippen molar-refractivity contribution in [2.24, 2.45) is 23.7 Å². The molecule has 14 rings (SSSR count). The average molecular weight is 822 g/mol. The van der Waals surface area contributed by atoms with Gasteiger partial charge in [0.25, 0.3) is 0 Å². The third-order valence-corrected chi connectivity index (χ3v) is 18.1. The number of ether oxygens (including phenoxy) is 1. The Balaban J connectivity index is 0.934. The maximum Gasteiger partial charge on any atom is 0.164 e. The van der Waals surface area contributed by atoms with Crippen molar-refractivity contribution in [2.45, 2.75) is 47.3 Å². The first-order chi connectivity index (χ1) is 30.4. The summed E-state index contributed by atoms with van der Waals surface area (Å²) in [6, 6.07) is 59.1. The predicted octanol–water partition coefficient (Wildman–Crippen LogP) is 14.5. The van der Waals surface area contributed by atoms with Crippen molar-refractivity contribution in [1.29, 1.82) is 0 Å². The van der Waals surface area contributed by atoms with Crippen molar-refractivity contribution >= 4 is 10.0 Å². The first kappa shape index (κ1) is 36.4. The topological polar surface area (TPSA) is 47.9 Å². The van der Waals surface area contributed by atoms with E-state index in [1.807, 2.05) is 0 Å². The van der Waals surface area contributed by atoms with Crippen LogP contribution in [0.15, 0.2) is 174 Å². The molecule has 2 heterocycles. The summed E-state index contributed by atoms with van der Waals surface area (Å²) >= 11 is 0. The van der Waals surface area contributed by atoms with E-state index in [2.05, 4.69) is 176 Å². The minimum atomic E-state index is -1.51. The molecule has 1 aliphatic heterocycles. The normalized spacial score (nSPS) is 23.5. The fourth-order valence-corrected chi connectivity index (χ4v) is 15.0. The van der Waals surface area contributed by atoms with Gasteiger partial charge in [-0.3, -0.25) is 0 Å². The predicted molar refractivity (Wildman–Crippen MR) is 253 cm³/mol. The number of aromatic nitrogens is 3. The third kappa shape index (κ3) is 5.43.